The van der Waals surface area contributed by atoms with E-state index in [9.17, 15) is 4.79 Å². The van der Waals surface area contributed by atoms with Crippen molar-refractivity contribution >= 4 is 5.97 Å². The van der Waals surface area contributed by atoms with Gasteiger partial charge in [-0.05, 0) is 50.4 Å². The third-order valence-corrected chi connectivity index (χ3v) is 5.06. The smallest absolute Gasteiger partial charge is 0.332 e. The predicted octanol–water partition coefficient (Wildman–Crippen LogP) is 4.34. The number of rotatable bonds is 6. The summed E-state index contributed by atoms with van der Waals surface area (Å²) >= 11 is 0. The molecule has 0 amide bonds. The van der Waals surface area contributed by atoms with Gasteiger partial charge in [0.25, 0.3) is 0 Å². The maximum absolute atomic E-state index is 11.8. The molecule has 0 heterocycles. The number of carbonyl (C=O) groups excluding carboxylic acids is 1. The molecule has 2 rings (SSSR count). The van der Waals surface area contributed by atoms with Gasteiger partial charge in [0.05, 0.1) is 12.2 Å². The minimum Gasteiger partial charge on any atom is -0.461 e. The van der Waals surface area contributed by atoms with E-state index in [1.54, 1.807) is 0 Å². The molecule has 0 spiro atoms. The van der Waals surface area contributed by atoms with Gasteiger partial charge in [0.2, 0.25) is 0 Å². The molecule has 2 saturated carbocycles. The Morgan fingerprint density at radius 2 is 1.76 bits per heavy atom. The standard InChI is InChI=1S/C18H32O3/c1-13(2)10-14(3)21-18(19)12-20-17-9-8-15-6-4-5-7-16(15)11-17/h13-17H,4-12H2,1-3H3. The predicted molar refractivity (Wildman–Crippen MR) is 84.0 cm³/mol. The van der Waals surface area contributed by atoms with Crippen LogP contribution >= 0.6 is 0 Å². The normalized spacial score (nSPS) is 30.8. The van der Waals surface area contributed by atoms with Crippen LogP contribution in [0, 0.1) is 17.8 Å². The van der Waals surface area contributed by atoms with Crippen molar-refractivity contribution in [3.8, 4) is 0 Å². The fourth-order valence-corrected chi connectivity index (χ4v) is 4.14. The summed E-state index contributed by atoms with van der Waals surface area (Å²) in [4.78, 5) is 11.8. The second kappa shape index (κ2) is 8.17. The Morgan fingerprint density at radius 3 is 2.48 bits per heavy atom. The highest BCUT2D eigenvalue weighted by molar-refractivity contribution is 5.70. The highest BCUT2D eigenvalue weighted by atomic mass is 16.6. The van der Waals surface area contributed by atoms with Crippen LogP contribution < -0.4 is 0 Å². The molecular weight excluding hydrogens is 264 g/mol. The fourth-order valence-electron chi connectivity index (χ4n) is 4.14. The highest BCUT2D eigenvalue weighted by Gasteiger charge is 2.32. The summed E-state index contributed by atoms with van der Waals surface area (Å²) in [7, 11) is 0. The second-order valence-corrected chi connectivity index (χ2v) is 7.48. The van der Waals surface area contributed by atoms with Gasteiger partial charge in [-0.1, -0.05) is 39.5 Å². The largest absolute Gasteiger partial charge is 0.461 e. The van der Waals surface area contributed by atoms with Crippen LogP contribution in [0.2, 0.25) is 0 Å². The van der Waals surface area contributed by atoms with Crippen molar-refractivity contribution in [2.24, 2.45) is 17.8 Å². The van der Waals surface area contributed by atoms with E-state index in [2.05, 4.69) is 13.8 Å². The third kappa shape index (κ3) is 5.61. The summed E-state index contributed by atoms with van der Waals surface area (Å²) in [6.45, 7) is 6.38. The summed E-state index contributed by atoms with van der Waals surface area (Å²) in [5.74, 6) is 2.12. The zero-order valence-electron chi connectivity index (χ0n) is 14.0. The molecule has 3 heteroatoms. The first kappa shape index (κ1) is 16.8. The molecule has 2 aliphatic carbocycles. The van der Waals surface area contributed by atoms with E-state index < -0.39 is 0 Å². The zero-order valence-corrected chi connectivity index (χ0v) is 14.0. The maximum atomic E-state index is 11.8. The quantitative estimate of drug-likeness (QED) is 0.684. The number of esters is 1. The van der Waals surface area contributed by atoms with Crippen molar-refractivity contribution in [2.75, 3.05) is 6.61 Å². The van der Waals surface area contributed by atoms with Gasteiger partial charge < -0.3 is 9.47 Å². The molecular formula is C18H32O3. The average Bonchev–Trinajstić information content (AvgIpc) is 2.44. The number of carbonyl (C=O) groups is 1. The van der Waals surface area contributed by atoms with Crippen molar-refractivity contribution in [2.45, 2.75) is 84.3 Å². The van der Waals surface area contributed by atoms with E-state index in [-0.39, 0.29) is 24.8 Å². The van der Waals surface area contributed by atoms with Crippen LogP contribution in [0.4, 0.5) is 0 Å². The van der Waals surface area contributed by atoms with Crippen LogP contribution in [0.5, 0.6) is 0 Å². The molecule has 0 N–H and O–H groups in total. The molecule has 0 radical (unpaired) electrons. The van der Waals surface area contributed by atoms with E-state index in [1.165, 1.54) is 32.1 Å². The van der Waals surface area contributed by atoms with E-state index in [4.69, 9.17) is 9.47 Å². The summed E-state index contributed by atoms with van der Waals surface area (Å²) in [6, 6.07) is 0. The highest BCUT2D eigenvalue weighted by Crippen LogP contribution is 2.41. The topological polar surface area (TPSA) is 35.5 Å². The maximum Gasteiger partial charge on any atom is 0.332 e. The fraction of sp³-hybridized carbons (Fsp3) is 0.944. The molecule has 0 saturated heterocycles. The van der Waals surface area contributed by atoms with Crippen LogP contribution in [-0.4, -0.2) is 24.8 Å². The van der Waals surface area contributed by atoms with Crippen molar-refractivity contribution in [1.82, 2.24) is 0 Å². The van der Waals surface area contributed by atoms with Gasteiger partial charge in [0.1, 0.15) is 6.61 Å². The van der Waals surface area contributed by atoms with Crippen molar-refractivity contribution < 1.29 is 14.3 Å². The van der Waals surface area contributed by atoms with Crippen molar-refractivity contribution in [3.05, 3.63) is 0 Å². The van der Waals surface area contributed by atoms with Crippen LogP contribution in [0.1, 0.15) is 72.1 Å². The third-order valence-electron chi connectivity index (χ3n) is 5.06. The van der Waals surface area contributed by atoms with Crippen LogP contribution in [0.3, 0.4) is 0 Å². The lowest BCUT2D eigenvalue weighted by molar-refractivity contribution is -0.157. The van der Waals surface area contributed by atoms with Gasteiger partial charge in [-0.25, -0.2) is 4.79 Å². The van der Waals surface area contributed by atoms with Gasteiger partial charge in [-0.15, -0.1) is 0 Å². The van der Waals surface area contributed by atoms with E-state index in [0.717, 1.165) is 31.1 Å². The summed E-state index contributed by atoms with van der Waals surface area (Å²) in [5.41, 5.74) is 0. The molecule has 0 aromatic rings. The molecule has 2 fully saturated rings. The lowest BCUT2D eigenvalue weighted by Crippen LogP contribution is -2.33. The van der Waals surface area contributed by atoms with E-state index in [0.29, 0.717) is 5.92 Å². The molecule has 2 aliphatic rings. The summed E-state index contributed by atoms with van der Waals surface area (Å²) < 4.78 is 11.2. The van der Waals surface area contributed by atoms with Gasteiger partial charge in [-0.3, -0.25) is 0 Å². The summed E-state index contributed by atoms with van der Waals surface area (Å²) in [6.07, 6.45) is 10.3. The minimum absolute atomic E-state index is 0.00446. The SMILES string of the molecule is CC(C)CC(C)OC(=O)COC1CCC2CCCCC2C1. The van der Waals surface area contributed by atoms with E-state index in [1.807, 2.05) is 6.92 Å². The Labute approximate surface area is 129 Å². The first-order valence-electron chi connectivity index (χ1n) is 8.85. The molecule has 4 atom stereocenters. The Balaban J connectivity index is 1.65. The summed E-state index contributed by atoms with van der Waals surface area (Å²) in [5, 5.41) is 0. The van der Waals surface area contributed by atoms with Crippen LogP contribution in [0.15, 0.2) is 0 Å². The Kier molecular flexibility index (Phi) is 6.53. The van der Waals surface area contributed by atoms with Gasteiger partial charge in [-0.2, -0.15) is 0 Å². The zero-order chi connectivity index (χ0) is 15.2. The number of hydrogen-bond acceptors (Lipinski definition) is 3. The van der Waals surface area contributed by atoms with E-state index >= 15 is 0 Å². The Bertz CT molecular complexity index is 326. The van der Waals surface area contributed by atoms with Crippen molar-refractivity contribution in [3.63, 3.8) is 0 Å². The molecule has 3 nitrogen and oxygen atoms in total. The Hall–Kier alpha value is -0.570. The minimum atomic E-state index is -0.200. The lowest BCUT2D eigenvalue weighted by Gasteiger charge is -2.39. The molecule has 0 aromatic carbocycles. The number of hydrogen-bond donors (Lipinski definition) is 0. The van der Waals surface area contributed by atoms with Gasteiger partial charge in [0, 0.05) is 0 Å². The van der Waals surface area contributed by atoms with Crippen molar-refractivity contribution in [1.29, 1.82) is 0 Å². The molecule has 0 aliphatic heterocycles. The number of fused-ring (bicyclic) bond motifs is 1. The monoisotopic (exact) mass is 296 g/mol. The molecule has 0 bridgehead atoms. The van der Waals surface area contributed by atoms with Crippen LogP contribution in [0.25, 0.3) is 0 Å². The Morgan fingerprint density at radius 1 is 1.05 bits per heavy atom. The lowest BCUT2D eigenvalue weighted by atomic mass is 9.70. The molecule has 122 valence electrons. The first-order chi connectivity index (χ1) is 10.0. The first-order valence-corrected chi connectivity index (χ1v) is 8.85. The average molecular weight is 296 g/mol. The molecule has 21 heavy (non-hydrogen) atoms. The second-order valence-electron chi connectivity index (χ2n) is 7.48. The van der Waals surface area contributed by atoms with Gasteiger partial charge in [0.15, 0.2) is 0 Å². The molecule has 4 unspecified atom stereocenters. The molecule has 0 aromatic heterocycles. The van der Waals surface area contributed by atoms with Crippen LogP contribution in [-0.2, 0) is 14.3 Å². The van der Waals surface area contributed by atoms with Gasteiger partial charge >= 0.3 is 5.97 Å². The number of ether oxygens (including phenoxy) is 2.